The maximum Gasteiger partial charge on any atom is 0.314 e. The Bertz CT molecular complexity index is 1170. The Labute approximate surface area is 141 Å². The lowest BCUT2D eigenvalue weighted by Crippen LogP contribution is -2.29. The Morgan fingerprint density at radius 3 is 2.32 bits per heavy atom. The molecule has 25 heavy (non-hydrogen) atoms. The zero-order chi connectivity index (χ0) is 18.2. The van der Waals surface area contributed by atoms with Gasteiger partial charge in [0, 0.05) is 11.6 Å². The first kappa shape index (κ1) is 17.1. The number of fused-ring (bicyclic) bond motifs is 1. The number of H-pyrrole nitrogens is 2. The van der Waals surface area contributed by atoms with E-state index in [2.05, 4.69) is 14.7 Å². The lowest BCUT2D eigenvalue weighted by Gasteiger charge is -2.15. The smallest absolute Gasteiger partial charge is 0.314 e. The first-order valence-electron chi connectivity index (χ1n) is 7.31. The van der Waals surface area contributed by atoms with Gasteiger partial charge < -0.3 is 9.97 Å². The van der Waals surface area contributed by atoms with Gasteiger partial charge >= 0.3 is 11.1 Å². The van der Waals surface area contributed by atoms with Gasteiger partial charge in [-0.25, -0.2) is 17.5 Å². The molecule has 9 heteroatoms. The van der Waals surface area contributed by atoms with E-state index in [9.17, 15) is 22.4 Å². The van der Waals surface area contributed by atoms with E-state index in [1.807, 2.05) is 0 Å². The van der Waals surface area contributed by atoms with Gasteiger partial charge in [0.15, 0.2) is 0 Å². The SMILES string of the molecule is CC(NS(=O)(=O)c1ccc2[nH]c(=O)c(=O)[nH]c2c1)c1ccccc1F. The third kappa shape index (κ3) is 3.37. The van der Waals surface area contributed by atoms with Crippen LogP contribution in [0.1, 0.15) is 18.5 Å². The van der Waals surface area contributed by atoms with Gasteiger partial charge in [-0.05, 0) is 31.2 Å². The lowest BCUT2D eigenvalue weighted by atomic mass is 10.1. The number of hydrogen-bond donors (Lipinski definition) is 3. The summed E-state index contributed by atoms with van der Waals surface area (Å²) >= 11 is 0. The highest BCUT2D eigenvalue weighted by Crippen LogP contribution is 2.20. The van der Waals surface area contributed by atoms with Gasteiger partial charge in [-0.2, -0.15) is 0 Å². The summed E-state index contributed by atoms with van der Waals surface area (Å²) in [4.78, 5) is 27.2. The van der Waals surface area contributed by atoms with Crippen molar-refractivity contribution in [2.75, 3.05) is 0 Å². The van der Waals surface area contributed by atoms with Crippen LogP contribution in [0.2, 0.25) is 0 Å². The van der Waals surface area contributed by atoms with E-state index >= 15 is 0 Å². The van der Waals surface area contributed by atoms with Crippen LogP contribution in [0.25, 0.3) is 11.0 Å². The van der Waals surface area contributed by atoms with Crippen LogP contribution in [0.3, 0.4) is 0 Å². The molecular weight excluding hydrogens is 349 g/mol. The second kappa shape index (κ2) is 6.26. The van der Waals surface area contributed by atoms with Crippen molar-refractivity contribution >= 4 is 21.1 Å². The number of nitrogens with one attached hydrogen (secondary N) is 3. The summed E-state index contributed by atoms with van der Waals surface area (Å²) < 4.78 is 41.2. The minimum atomic E-state index is -3.97. The summed E-state index contributed by atoms with van der Waals surface area (Å²) in [5, 5.41) is 0. The van der Waals surface area contributed by atoms with Crippen LogP contribution < -0.4 is 15.8 Å². The Hall–Kier alpha value is -2.78. The number of aromatic nitrogens is 2. The molecule has 0 fully saturated rings. The van der Waals surface area contributed by atoms with E-state index in [0.717, 1.165) is 0 Å². The number of hydrogen-bond acceptors (Lipinski definition) is 4. The Morgan fingerprint density at radius 2 is 1.64 bits per heavy atom. The second-order valence-electron chi connectivity index (χ2n) is 5.48. The summed E-state index contributed by atoms with van der Waals surface area (Å²) in [7, 11) is -3.97. The Kier molecular flexibility index (Phi) is 4.27. The molecule has 130 valence electrons. The number of halogens is 1. The number of benzene rings is 2. The van der Waals surface area contributed by atoms with Gasteiger partial charge in [0.25, 0.3) is 0 Å². The summed E-state index contributed by atoms with van der Waals surface area (Å²) in [6, 6.07) is 8.95. The molecule has 0 bridgehead atoms. The zero-order valence-corrected chi connectivity index (χ0v) is 13.9. The average Bonchev–Trinajstić information content (AvgIpc) is 2.55. The highest BCUT2D eigenvalue weighted by Gasteiger charge is 2.20. The topological polar surface area (TPSA) is 112 Å². The third-order valence-electron chi connectivity index (χ3n) is 3.71. The minimum absolute atomic E-state index is 0.120. The standard InChI is InChI=1S/C16H14FN3O4S/c1-9(11-4-2-3-5-12(11)17)20-25(23,24)10-6-7-13-14(8-10)19-16(22)15(21)18-13/h2-9,20H,1H3,(H,18,21)(H,19,22). The molecule has 1 atom stereocenters. The quantitative estimate of drug-likeness (QED) is 0.608. The maximum atomic E-state index is 13.8. The summed E-state index contributed by atoms with van der Waals surface area (Å²) in [5.41, 5.74) is -1.02. The van der Waals surface area contributed by atoms with E-state index in [0.29, 0.717) is 5.52 Å². The highest BCUT2D eigenvalue weighted by molar-refractivity contribution is 7.89. The van der Waals surface area contributed by atoms with Gasteiger partial charge in [0.2, 0.25) is 10.0 Å². The van der Waals surface area contributed by atoms with Crippen molar-refractivity contribution in [2.24, 2.45) is 0 Å². The van der Waals surface area contributed by atoms with Crippen molar-refractivity contribution in [1.29, 1.82) is 0 Å². The van der Waals surface area contributed by atoms with Gasteiger partial charge in [0.05, 0.1) is 15.9 Å². The van der Waals surface area contributed by atoms with Crippen LogP contribution >= 0.6 is 0 Å². The van der Waals surface area contributed by atoms with Crippen LogP contribution in [-0.2, 0) is 10.0 Å². The molecule has 0 amide bonds. The zero-order valence-electron chi connectivity index (χ0n) is 13.0. The van der Waals surface area contributed by atoms with E-state index in [1.165, 1.54) is 43.3 Å². The molecule has 7 nitrogen and oxygen atoms in total. The second-order valence-corrected chi connectivity index (χ2v) is 7.19. The van der Waals surface area contributed by atoms with E-state index in [4.69, 9.17) is 0 Å². The molecule has 0 aliphatic rings. The molecule has 1 unspecified atom stereocenters. The normalized spacial score (nSPS) is 13.0. The number of aromatic amines is 2. The van der Waals surface area contributed by atoms with Crippen LogP contribution in [0.15, 0.2) is 56.9 Å². The molecule has 0 aliphatic carbocycles. The van der Waals surface area contributed by atoms with E-state index < -0.39 is 33.0 Å². The predicted molar refractivity (Wildman–Crippen MR) is 90.3 cm³/mol. The fourth-order valence-corrected chi connectivity index (χ4v) is 3.70. The summed E-state index contributed by atoms with van der Waals surface area (Å²) in [5.74, 6) is -0.516. The predicted octanol–water partition coefficient (Wildman–Crippen LogP) is 1.40. The van der Waals surface area contributed by atoms with Gasteiger partial charge in [0.1, 0.15) is 5.82 Å². The molecule has 0 spiro atoms. The van der Waals surface area contributed by atoms with Crippen LogP contribution in [0, 0.1) is 5.82 Å². The number of sulfonamides is 1. The molecule has 0 radical (unpaired) electrons. The molecule has 3 aromatic rings. The van der Waals surface area contributed by atoms with Crippen molar-refractivity contribution in [3.63, 3.8) is 0 Å². The maximum absolute atomic E-state index is 13.8. The first-order chi connectivity index (χ1) is 11.8. The molecular formula is C16H14FN3O4S. The Balaban J connectivity index is 1.98. The van der Waals surface area contributed by atoms with Crippen LogP contribution in [-0.4, -0.2) is 18.4 Å². The molecule has 2 aromatic carbocycles. The number of rotatable bonds is 4. The lowest BCUT2D eigenvalue weighted by molar-refractivity contribution is 0.550. The fraction of sp³-hybridized carbons (Fsp3) is 0.125. The molecule has 3 rings (SSSR count). The minimum Gasteiger partial charge on any atom is -0.316 e. The van der Waals surface area contributed by atoms with Gasteiger partial charge in [-0.15, -0.1) is 0 Å². The molecule has 1 heterocycles. The molecule has 0 saturated carbocycles. The molecule has 0 aliphatic heterocycles. The Morgan fingerprint density at radius 1 is 1.00 bits per heavy atom. The van der Waals surface area contributed by atoms with Gasteiger partial charge in [-0.1, -0.05) is 18.2 Å². The monoisotopic (exact) mass is 363 g/mol. The molecule has 0 saturated heterocycles. The van der Waals surface area contributed by atoms with Crippen molar-refractivity contribution < 1.29 is 12.8 Å². The van der Waals surface area contributed by atoms with E-state index in [1.54, 1.807) is 6.07 Å². The first-order valence-corrected chi connectivity index (χ1v) is 8.79. The molecule has 1 aromatic heterocycles. The highest BCUT2D eigenvalue weighted by atomic mass is 32.2. The van der Waals surface area contributed by atoms with E-state index in [-0.39, 0.29) is 16.0 Å². The summed E-state index contributed by atoms with van der Waals surface area (Å²) in [6.45, 7) is 1.52. The third-order valence-corrected chi connectivity index (χ3v) is 5.25. The van der Waals surface area contributed by atoms with Gasteiger partial charge in [-0.3, -0.25) is 9.59 Å². The average molecular weight is 363 g/mol. The summed E-state index contributed by atoms with van der Waals surface area (Å²) in [6.07, 6.45) is 0. The molecule has 3 N–H and O–H groups in total. The van der Waals surface area contributed by atoms with Crippen molar-refractivity contribution in [3.8, 4) is 0 Å². The van der Waals surface area contributed by atoms with Crippen molar-refractivity contribution in [1.82, 2.24) is 14.7 Å². The van der Waals surface area contributed by atoms with Crippen LogP contribution in [0.4, 0.5) is 4.39 Å². The van der Waals surface area contributed by atoms with Crippen molar-refractivity contribution in [3.05, 3.63) is 74.6 Å². The fourth-order valence-electron chi connectivity index (χ4n) is 2.45. The van der Waals surface area contributed by atoms with Crippen molar-refractivity contribution in [2.45, 2.75) is 17.9 Å². The van der Waals surface area contributed by atoms with Crippen LogP contribution in [0.5, 0.6) is 0 Å². The largest absolute Gasteiger partial charge is 0.316 e.